The van der Waals surface area contributed by atoms with Gasteiger partial charge in [-0.05, 0) is 70.9 Å². The van der Waals surface area contributed by atoms with Gasteiger partial charge in [-0.25, -0.2) is 13.9 Å². The van der Waals surface area contributed by atoms with Gasteiger partial charge in [0.15, 0.2) is 0 Å². The molecule has 1 N–H and O–H groups in total. The highest BCUT2D eigenvalue weighted by molar-refractivity contribution is 5.98. The molecule has 0 atom stereocenters. The molecule has 2 aromatic heterocycles. The van der Waals surface area contributed by atoms with Gasteiger partial charge in [-0.3, -0.25) is 14.2 Å². The summed E-state index contributed by atoms with van der Waals surface area (Å²) in [6, 6.07) is 10.7. The molecule has 1 amide bonds. The summed E-state index contributed by atoms with van der Waals surface area (Å²) in [7, 11) is 0. The zero-order valence-electron chi connectivity index (χ0n) is 19.8. The van der Waals surface area contributed by atoms with Crippen molar-refractivity contribution in [3.63, 3.8) is 0 Å². The van der Waals surface area contributed by atoms with Crippen LogP contribution in [0.5, 0.6) is 0 Å². The van der Waals surface area contributed by atoms with Crippen molar-refractivity contribution in [1.29, 1.82) is 0 Å². The molecule has 2 heterocycles. The fourth-order valence-corrected chi connectivity index (χ4v) is 4.07. The van der Waals surface area contributed by atoms with E-state index in [0.717, 1.165) is 16.7 Å². The van der Waals surface area contributed by atoms with Gasteiger partial charge in [0, 0.05) is 17.6 Å². The summed E-state index contributed by atoms with van der Waals surface area (Å²) in [5.41, 5.74) is 3.30. The van der Waals surface area contributed by atoms with Crippen LogP contribution in [0.25, 0.3) is 16.7 Å². The van der Waals surface area contributed by atoms with Crippen molar-refractivity contribution in [2.24, 2.45) is 0 Å². The van der Waals surface area contributed by atoms with Crippen molar-refractivity contribution in [1.82, 2.24) is 24.1 Å². The highest BCUT2D eigenvalue weighted by Crippen LogP contribution is 2.18. The predicted molar refractivity (Wildman–Crippen MR) is 129 cm³/mol. The number of carbonyl (C=O) groups excluding carboxylic acids is 1. The van der Waals surface area contributed by atoms with E-state index in [1.807, 2.05) is 59.7 Å². The van der Waals surface area contributed by atoms with Crippen LogP contribution in [0.1, 0.15) is 60.8 Å². The summed E-state index contributed by atoms with van der Waals surface area (Å²) in [4.78, 5) is 39.4. The highest BCUT2D eigenvalue weighted by Gasteiger charge is 2.20. The first-order valence-corrected chi connectivity index (χ1v) is 11.1. The first-order valence-electron chi connectivity index (χ1n) is 11.1. The summed E-state index contributed by atoms with van der Waals surface area (Å²) >= 11 is 0. The Morgan fingerprint density at radius 2 is 1.76 bits per heavy atom. The molecule has 0 fully saturated rings. The quantitative estimate of drug-likeness (QED) is 0.509. The summed E-state index contributed by atoms with van der Waals surface area (Å²) in [6.45, 7) is 11.8. The van der Waals surface area contributed by atoms with Gasteiger partial charge in [-0.2, -0.15) is 0 Å². The number of benzene rings is 2. The lowest BCUT2D eigenvalue weighted by atomic mass is 10.1. The average Bonchev–Trinajstić information content (AvgIpc) is 3.05. The van der Waals surface area contributed by atoms with Crippen molar-refractivity contribution < 1.29 is 4.79 Å². The molecule has 0 aliphatic heterocycles. The number of fused-ring (bicyclic) bond motifs is 3. The van der Waals surface area contributed by atoms with Crippen molar-refractivity contribution in [2.45, 2.75) is 60.2 Å². The lowest BCUT2D eigenvalue weighted by Gasteiger charge is -2.13. The SMILES string of the molecule is Cc1ccc(C)c(Cn2nc3n(C(C)C)c(=O)c4ccc(C(=O)NC(C)C)cc4n3c2=O)c1. The van der Waals surface area contributed by atoms with Gasteiger partial charge in [-0.1, -0.05) is 23.8 Å². The van der Waals surface area contributed by atoms with Crippen LogP contribution in [-0.2, 0) is 6.54 Å². The number of nitrogens with one attached hydrogen (secondary N) is 1. The molecule has 0 saturated carbocycles. The first-order chi connectivity index (χ1) is 15.6. The van der Waals surface area contributed by atoms with Gasteiger partial charge in [-0.15, -0.1) is 5.10 Å². The zero-order valence-corrected chi connectivity index (χ0v) is 19.8. The summed E-state index contributed by atoms with van der Waals surface area (Å²) in [6.07, 6.45) is 0. The Hall–Kier alpha value is -3.68. The standard InChI is InChI=1S/C25H29N5O3/c1-14(2)26-22(31)18-9-10-20-21(12-18)30-24(29(15(3)4)23(20)32)27-28(25(30)33)13-19-11-16(5)7-8-17(19)6/h7-12,14-15H,13H2,1-6H3,(H,26,31). The molecular formula is C25H29N5O3. The second-order valence-electron chi connectivity index (χ2n) is 9.13. The Morgan fingerprint density at radius 1 is 1.03 bits per heavy atom. The molecule has 0 radical (unpaired) electrons. The summed E-state index contributed by atoms with van der Waals surface area (Å²) < 4.78 is 4.35. The van der Waals surface area contributed by atoms with Gasteiger partial charge in [0.1, 0.15) is 0 Å². The molecule has 2 aromatic carbocycles. The molecule has 0 aliphatic rings. The van der Waals surface area contributed by atoms with Gasteiger partial charge >= 0.3 is 5.69 Å². The first kappa shape index (κ1) is 22.5. The lowest BCUT2D eigenvalue weighted by molar-refractivity contribution is 0.0943. The van der Waals surface area contributed by atoms with Crippen LogP contribution in [0.2, 0.25) is 0 Å². The smallest absolute Gasteiger partial charge is 0.350 e. The molecule has 0 bridgehead atoms. The Balaban J connectivity index is 2.01. The van der Waals surface area contributed by atoms with Crippen molar-refractivity contribution in [3.8, 4) is 0 Å². The molecule has 4 aromatic rings. The summed E-state index contributed by atoms with van der Waals surface area (Å²) in [5.74, 6) is 0.00291. The van der Waals surface area contributed by atoms with Crippen molar-refractivity contribution >= 4 is 22.6 Å². The fraction of sp³-hybridized carbons (Fsp3) is 0.360. The van der Waals surface area contributed by atoms with E-state index < -0.39 is 0 Å². The largest absolute Gasteiger partial charge is 0.352 e. The molecule has 0 saturated heterocycles. The molecule has 4 rings (SSSR count). The van der Waals surface area contributed by atoms with E-state index in [1.54, 1.807) is 18.2 Å². The number of hydrogen-bond donors (Lipinski definition) is 1. The third-order valence-corrected chi connectivity index (χ3v) is 5.75. The number of aryl methyl sites for hydroxylation is 2. The number of rotatable bonds is 5. The zero-order chi connectivity index (χ0) is 24.0. The normalized spacial score (nSPS) is 11.8. The van der Waals surface area contributed by atoms with E-state index >= 15 is 0 Å². The predicted octanol–water partition coefficient (Wildman–Crippen LogP) is 3.20. The number of amides is 1. The maximum Gasteiger partial charge on any atom is 0.352 e. The van der Waals surface area contributed by atoms with E-state index in [1.165, 1.54) is 13.6 Å². The van der Waals surface area contributed by atoms with Gasteiger partial charge < -0.3 is 5.32 Å². The molecule has 33 heavy (non-hydrogen) atoms. The van der Waals surface area contributed by atoms with Crippen LogP contribution in [0, 0.1) is 13.8 Å². The van der Waals surface area contributed by atoms with E-state index in [2.05, 4.69) is 10.4 Å². The topological polar surface area (TPSA) is 90.4 Å². The molecule has 0 aliphatic carbocycles. The lowest BCUT2D eigenvalue weighted by Crippen LogP contribution is -2.31. The average molecular weight is 448 g/mol. The van der Waals surface area contributed by atoms with Crippen LogP contribution in [-0.4, -0.2) is 30.7 Å². The Kier molecular flexibility index (Phi) is 5.69. The van der Waals surface area contributed by atoms with E-state index in [9.17, 15) is 14.4 Å². The van der Waals surface area contributed by atoms with Gasteiger partial charge in [0.2, 0.25) is 5.78 Å². The van der Waals surface area contributed by atoms with Crippen LogP contribution < -0.4 is 16.6 Å². The minimum Gasteiger partial charge on any atom is -0.350 e. The van der Waals surface area contributed by atoms with Gasteiger partial charge in [0.05, 0.1) is 17.4 Å². The maximum atomic E-state index is 13.5. The Morgan fingerprint density at radius 3 is 2.42 bits per heavy atom. The fourth-order valence-electron chi connectivity index (χ4n) is 4.07. The molecule has 8 heteroatoms. The van der Waals surface area contributed by atoms with E-state index in [4.69, 9.17) is 0 Å². The molecule has 172 valence electrons. The number of nitrogens with zero attached hydrogens (tertiary/aromatic N) is 4. The molecule has 8 nitrogen and oxygen atoms in total. The minimum absolute atomic E-state index is 0.0369. The number of hydrogen-bond acceptors (Lipinski definition) is 4. The molecule has 0 spiro atoms. The third kappa shape index (κ3) is 3.97. The number of aromatic nitrogens is 4. The van der Waals surface area contributed by atoms with Crippen molar-refractivity contribution in [3.05, 3.63) is 79.5 Å². The number of carbonyl (C=O) groups is 1. The third-order valence-electron chi connectivity index (χ3n) is 5.75. The molecular weight excluding hydrogens is 418 g/mol. The van der Waals surface area contributed by atoms with E-state index in [-0.39, 0.29) is 41.6 Å². The second-order valence-corrected chi connectivity index (χ2v) is 9.13. The summed E-state index contributed by atoms with van der Waals surface area (Å²) in [5, 5.41) is 7.78. The Labute approximate surface area is 191 Å². The maximum absolute atomic E-state index is 13.5. The minimum atomic E-state index is -0.355. The van der Waals surface area contributed by atoms with Crippen LogP contribution in [0.3, 0.4) is 0 Å². The van der Waals surface area contributed by atoms with E-state index in [0.29, 0.717) is 16.5 Å². The van der Waals surface area contributed by atoms with Gasteiger partial charge in [0.25, 0.3) is 11.5 Å². The molecule has 0 unspecified atom stereocenters. The Bertz CT molecular complexity index is 1500. The van der Waals surface area contributed by atoms with Crippen LogP contribution in [0.15, 0.2) is 46.0 Å². The van der Waals surface area contributed by atoms with Crippen LogP contribution in [0.4, 0.5) is 0 Å². The van der Waals surface area contributed by atoms with Crippen molar-refractivity contribution in [2.75, 3.05) is 0 Å². The monoisotopic (exact) mass is 447 g/mol. The highest BCUT2D eigenvalue weighted by atomic mass is 16.2. The second kappa shape index (κ2) is 8.35. The van der Waals surface area contributed by atoms with Crippen LogP contribution >= 0.6 is 0 Å².